The molecule has 0 bridgehead atoms. The molecule has 0 spiro atoms. The van der Waals surface area contributed by atoms with E-state index in [4.69, 9.17) is 0 Å². The van der Waals surface area contributed by atoms with Crippen molar-refractivity contribution in [2.75, 3.05) is 19.6 Å². The molecule has 2 aliphatic rings. The number of piperidine rings is 1. The molecule has 0 aromatic heterocycles. The van der Waals surface area contributed by atoms with Crippen molar-refractivity contribution < 1.29 is 14.3 Å². The summed E-state index contributed by atoms with van der Waals surface area (Å²) in [5, 5.41) is 9.77. The fourth-order valence-electron chi connectivity index (χ4n) is 3.44. The Balaban J connectivity index is 1.74. The predicted octanol–water partition coefficient (Wildman–Crippen LogP) is 2.95. The summed E-state index contributed by atoms with van der Waals surface area (Å²) in [6, 6.07) is 6.24. The smallest absolute Gasteiger partial charge is 0.311 e. The van der Waals surface area contributed by atoms with Gasteiger partial charge in [0, 0.05) is 13.1 Å². The lowest BCUT2D eigenvalue weighted by atomic mass is 9.75. The Morgan fingerprint density at radius 1 is 1.33 bits per heavy atom. The maximum atomic E-state index is 13.0. The van der Waals surface area contributed by atoms with Crippen LogP contribution in [0.1, 0.15) is 31.2 Å². The number of carbonyl (C=O) groups is 1. The van der Waals surface area contributed by atoms with Crippen molar-refractivity contribution in [2.24, 2.45) is 11.3 Å². The molecule has 3 rings (SSSR count). The Bertz CT molecular complexity index is 512. The van der Waals surface area contributed by atoms with E-state index in [0.717, 1.165) is 31.0 Å². The van der Waals surface area contributed by atoms with Crippen molar-refractivity contribution in [1.82, 2.24) is 4.90 Å². The monoisotopic (exact) mass is 291 g/mol. The van der Waals surface area contributed by atoms with Crippen LogP contribution in [0.5, 0.6) is 0 Å². The van der Waals surface area contributed by atoms with Gasteiger partial charge in [-0.05, 0) is 62.3 Å². The molecule has 1 aliphatic heterocycles. The van der Waals surface area contributed by atoms with Crippen molar-refractivity contribution >= 4 is 5.97 Å². The molecule has 4 heteroatoms. The first kappa shape index (κ1) is 14.5. The summed E-state index contributed by atoms with van der Waals surface area (Å²) in [5.41, 5.74) is 0.192. The lowest BCUT2D eigenvalue weighted by Crippen LogP contribution is -2.49. The normalized spacial score (nSPS) is 26.7. The highest BCUT2D eigenvalue weighted by Gasteiger charge is 2.43. The van der Waals surface area contributed by atoms with Crippen LogP contribution in [-0.4, -0.2) is 35.6 Å². The maximum absolute atomic E-state index is 13.0. The quantitative estimate of drug-likeness (QED) is 0.906. The van der Waals surface area contributed by atoms with E-state index in [2.05, 4.69) is 4.90 Å². The Morgan fingerprint density at radius 2 is 2.05 bits per heavy atom. The number of rotatable bonds is 5. The zero-order valence-corrected chi connectivity index (χ0v) is 12.2. The van der Waals surface area contributed by atoms with Crippen LogP contribution in [0.25, 0.3) is 0 Å². The number of carboxylic acids is 1. The van der Waals surface area contributed by atoms with Crippen molar-refractivity contribution in [3.63, 3.8) is 0 Å². The lowest BCUT2D eigenvalue weighted by molar-refractivity contribution is -0.152. The van der Waals surface area contributed by atoms with E-state index in [1.165, 1.54) is 25.0 Å². The molecule has 0 unspecified atom stereocenters. The number of benzene rings is 1. The van der Waals surface area contributed by atoms with E-state index in [1.54, 1.807) is 12.1 Å². The highest BCUT2D eigenvalue weighted by atomic mass is 19.1. The van der Waals surface area contributed by atoms with Gasteiger partial charge in [0.15, 0.2) is 0 Å². The van der Waals surface area contributed by atoms with Gasteiger partial charge in [-0.15, -0.1) is 0 Å². The summed E-state index contributed by atoms with van der Waals surface area (Å²) in [5.74, 6) is -0.213. The van der Waals surface area contributed by atoms with Gasteiger partial charge in [-0.1, -0.05) is 12.1 Å². The zero-order valence-electron chi connectivity index (χ0n) is 12.2. The van der Waals surface area contributed by atoms with Crippen LogP contribution in [0.4, 0.5) is 4.39 Å². The minimum atomic E-state index is -0.717. The first-order chi connectivity index (χ1) is 10.1. The highest BCUT2D eigenvalue weighted by molar-refractivity contribution is 5.75. The summed E-state index contributed by atoms with van der Waals surface area (Å²) in [6.07, 6.45) is 4.70. The van der Waals surface area contributed by atoms with E-state index in [-0.39, 0.29) is 5.82 Å². The van der Waals surface area contributed by atoms with Gasteiger partial charge in [0.1, 0.15) is 5.82 Å². The maximum Gasteiger partial charge on any atom is 0.311 e. The van der Waals surface area contributed by atoms with E-state index in [1.807, 2.05) is 0 Å². The molecular formula is C17H22FNO2. The topological polar surface area (TPSA) is 40.5 Å². The summed E-state index contributed by atoms with van der Waals surface area (Å²) in [4.78, 5) is 14.2. The molecule has 114 valence electrons. The molecule has 1 saturated heterocycles. The van der Waals surface area contributed by atoms with E-state index in [9.17, 15) is 14.3 Å². The van der Waals surface area contributed by atoms with Gasteiger partial charge in [0.2, 0.25) is 0 Å². The minimum Gasteiger partial charge on any atom is -0.481 e. The van der Waals surface area contributed by atoms with Gasteiger partial charge in [0.25, 0.3) is 0 Å². The number of nitrogens with zero attached hydrogens (tertiary/aromatic N) is 1. The number of carboxylic acid groups (broad SMARTS) is 1. The Morgan fingerprint density at radius 3 is 2.67 bits per heavy atom. The van der Waals surface area contributed by atoms with Crippen LogP contribution >= 0.6 is 0 Å². The van der Waals surface area contributed by atoms with Gasteiger partial charge in [-0.3, -0.25) is 4.79 Å². The third kappa shape index (κ3) is 3.43. The van der Waals surface area contributed by atoms with E-state index < -0.39 is 11.4 Å². The number of halogens is 1. The van der Waals surface area contributed by atoms with Crippen LogP contribution in [0.15, 0.2) is 24.3 Å². The summed E-state index contributed by atoms with van der Waals surface area (Å²) < 4.78 is 13.0. The molecule has 2 fully saturated rings. The average molecular weight is 291 g/mol. The summed E-state index contributed by atoms with van der Waals surface area (Å²) in [6.45, 7) is 2.67. The summed E-state index contributed by atoms with van der Waals surface area (Å²) in [7, 11) is 0. The third-order valence-electron chi connectivity index (χ3n) is 4.78. The molecule has 1 saturated carbocycles. The van der Waals surface area contributed by atoms with E-state index in [0.29, 0.717) is 19.4 Å². The van der Waals surface area contributed by atoms with Gasteiger partial charge in [-0.2, -0.15) is 0 Å². The van der Waals surface area contributed by atoms with Gasteiger partial charge >= 0.3 is 5.97 Å². The molecule has 1 heterocycles. The van der Waals surface area contributed by atoms with Crippen molar-refractivity contribution in [2.45, 2.75) is 32.1 Å². The van der Waals surface area contributed by atoms with Crippen LogP contribution in [0, 0.1) is 17.2 Å². The second-order valence-electron chi connectivity index (χ2n) is 6.67. The van der Waals surface area contributed by atoms with Gasteiger partial charge in [0.05, 0.1) is 5.41 Å². The molecule has 0 radical (unpaired) electrons. The second kappa shape index (κ2) is 5.76. The fourth-order valence-corrected chi connectivity index (χ4v) is 3.44. The Hall–Kier alpha value is -1.42. The van der Waals surface area contributed by atoms with Gasteiger partial charge < -0.3 is 10.0 Å². The molecular weight excluding hydrogens is 269 g/mol. The first-order valence-corrected chi connectivity index (χ1v) is 7.78. The molecule has 1 N–H and O–H groups in total. The second-order valence-corrected chi connectivity index (χ2v) is 6.67. The highest BCUT2D eigenvalue weighted by Crippen LogP contribution is 2.37. The third-order valence-corrected chi connectivity index (χ3v) is 4.78. The Labute approximate surface area is 124 Å². The minimum absolute atomic E-state index is 0.276. The molecule has 1 aromatic carbocycles. The van der Waals surface area contributed by atoms with Crippen LogP contribution < -0.4 is 0 Å². The molecule has 1 aliphatic carbocycles. The van der Waals surface area contributed by atoms with Crippen LogP contribution in [0.3, 0.4) is 0 Å². The van der Waals surface area contributed by atoms with Crippen molar-refractivity contribution in [3.8, 4) is 0 Å². The average Bonchev–Trinajstić information content (AvgIpc) is 3.26. The standard InChI is InChI=1S/C17H22FNO2/c18-15-6-4-13(5-7-15)10-17(16(20)21)8-1-9-19(12-17)11-14-2-3-14/h4-7,14H,1-3,8-12H2,(H,20,21)/t17-/m1/s1. The van der Waals surface area contributed by atoms with Gasteiger partial charge in [-0.25, -0.2) is 4.39 Å². The lowest BCUT2D eigenvalue weighted by Gasteiger charge is -2.40. The van der Waals surface area contributed by atoms with Crippen molar-refractivity contribution in [1.29, 1.82) is 0 Å². The zero-order chi connectivity index (χ0) is 14.9. The summed E-state index contributed by atoms with van der Waals surface area (Å²) >= 11 is 0. The number of hydrogen-bond acceptors (Lipinski definition) is 2. The predicted molar refractivity (Wildman–Crippen MR) is 78.6 cm³/mol. The first-order valence-electron chi connectivity index (χ1n) is 7.78. The van der Waals surface area contributed by atoms with Crippen LogP contribution in [-0.2, 0) is 11.2 Å². The van der Waals surface area contributed by atoms with Crippen molar-refractivity contribution in [3.05, 3.63) is 35.6 Å². The molecule has 0 amide bonds. The molecule has 21 heavy (non-hydrogen) atoms. The largest absolute Gasteiger partial charge is 0.481 e. The molecule has 1 aromatic rings. The molecule has 3 nitrogen and oxygen atoms in total. The number of hydrogen-bond donors (Lipinski definition) is 1. The van der Waals surface area contributed by atoms with Crippen LogP contribution in [0.2, 0.25) is 0 Å². The SMILES string of the molecule is O=C(O)[C@@]1(Cc2ccc(F)cc2)CCCN(CC2CC2)C1. The fraction of sp³-hybridized carbons (Fsp3) is 0.588. The Kier molecular flexibility index (Phi) is 3.98. The number of likely N-dealkylation sites (tertiary alicyclic amines) is 1. The van der Waals surface area contributed by atoms with E-state index >= 15 is 0 Å². The molecule has 1 atom stereocenters. The number of aliphatic carboxylic acids is 1.